The first-order valence-electron chi connectivity index (χ1n) is 8.33. The molecule has 1 aliphatic heterocycles. The van der Waals surface area contributed by atoms with Gasteiger partial charge in [0.2, 0.25) is 5.91 Å². The van der Waals surface area contributed by atoms with E-state index in [2.05, 4.69) is 15.5 Å². The summed E-state index contributed by atoms with van der Waals surface area (Å²) in [6.07, 6.45) is 7.35. The third-order valence-electron chi connectivity index (χ3n) is 3.92. The second-order valence-electron chi connectivity index (χ2n) is 5.94. The van der Waals surface area contributed by atoms with E-state index >= 15 is 0 Å². The van der Waals surface area contributed by atoms with Crippen LogP contribution in [0.4, 0.5) is 0 Å². The van der Waals surface area contributed by atoms with Crippen LogP contribution in [0.3, 0.4) is 0 Å². The highest BCUT2D eigenvalue weighted by Gasteiger charge is 2.18. The third kappa shape index (κ3) is 9.96. The lowest BCUT2D eigenvalue weighted by Crippen LogP contribution is -2.49. The van der Waals surface area contributed by atoms with Gasteiger partial charge in [0.05, 0.1) is 6.54 Å². The van der Waals surface area contributed by atoms with E-state index in [1.165, 1.54) is 32.1 Å². The topological polar surface area (TPSA) is 119 Å². The molecule has 1 saturated heterocycles. The normalized spacial score (nSPS) is 19.3. The van der Waals surface area contributed by atoms with Crippen molar-refractivity contribution in [1.82, 2.24) is 15.5 Å². The molecule has 1 heterocycles. The van der Waals surface area contributed by atoms with Gasteiger partial charge in [0.1, 0.15) is 0 Å². The van der Waals surface area contributed by atoms with Crippen molar-refractivity contribution in [3.63, 3.8) is 0 Å². The molecule has 1 aliphatic carbocycles. The quantitative estimate of drug-likeness (QED) is 0.522. The van der Waals surface area contributed by atoms with Gasteiger partial charge >= 0.3 is 11.9 Å². The number of carboxylic acids is 2. The fourth-order valence-electron chi connectivity index (χ4n) is 2.74. The summed E-state index contributed by atoms with van der Waals surface area (Å²) in [5.41, 5.74) is 0. The van der Waals surface area contributed by atoms with Crippen molar-refractivity contribution < 1.29 is 24.6 Å². The molecular formula is C16H27N3O5. The van der Waals surface area contributed by atoms with Crippen LogP contribution in [0.25, 0.3) is 0 Å². The second-order valence-corrected chi connectivity index (χ2v) is 5.94. The molecule has 8 nitrogen and oxygen atoms in total. The average molecular weight is 341 g/mol. The molecule has 136 valence electrons. The molecule has 8 heteroatoms. The fraction of sp³-hybridized carbons (Fsp3) is 0.688. The molecular weight excluding hydrogens is 314 g/mol. The van der Waals surface area contributed by atoms with E-state index in [0.717, 1.165) is 26.2 Å². The standard InChI is InChI=1S/C12H23N3O.C4H4O4/c16-12(10-15-8-6-13-7-9-15)14-11-4-2-1-3-5-11;5-3(6)1-2-4(7)8/h11,13H,1-10H2,(H,14,16);1-2H,(H,5,6)(H,7,8)/b;2-1-. The maximum Gasteiger partial charge on any atom is 0.328 e. The number of rotatable bonds is 5. The average Bonchev–Trinajstić information content (AvgIpc) is 2.55. The Morgan fingerprint density at radius 3 is 2.04 bits per heavy atom. The lowest BCUT2D eigenvalue weighted by atomic mass is 9.95. The minimum absolute atomic E-state index is 0.216. The van der Waals surface area contributed by atoms with Crippen molar-refractivity contribution in [3.05, 3.63) is 12.2 Å². The molecule has 2 aliphatic rings. The van der Waals surface area contributed by atoms with Crippen LogP contribution < -0.4 is 10.6 Å². The number of nitrogens with one attached hydrogen (secondary N) is 2. The van der Waals surface area contributed by atoms with Crippen molar-refractivity contribution >= 4 is 17.8 Å². The number of hydrogen-bond donors (Lipinski definition) is 4. The predicted molar refractivity (Wildman–Crippen MR) is 88.7 cm³/mol. The van der Waals surface area contributed by atoms with Gasteiger partial charge in [-0.15, -0.1) is 0 Å². The van der Waals surface area contributed by atoms with E-state index in [0.29, 0.717) is 24.7 Å². The highest BCUT2D eigenvalue weighted by Crippen LogP contribution is 2.17. The third-order valence-corrected chi connectivity index (χ3v) is 3.92. The number of aliphatic carboxylic acids is 2. The van der Waals surface area contributed by atoms with Gasteiger partial charge < -0.3 is 20.8 Å². The lowest BCUT2D eigenvalue weighted by molar-refractivity contribution is -0.134. The highest BCUT2D eigenvalue weighted by molar-refractivity contribution is 5.89. The molecule has 1 amide bonds. The number of piperazine rings is 1. The summed E-state index contributed by atoms with van der Waals surface area (Å²) in [6, 6.07) is 0.448. The van der Waals surface area contributed by atoms with E-state index in [1.807, 2.05) is 0 Å². The molecule has 2 fully saturated rings. The molecule has 0 atom stereocenters. The summed E-state index contributed by atoms with van der Waals surface area (Å²) in [7, 11) is 0. The van der Waals surface area contributed by atoms with Crippen LogP contribution in [0.1, 0.15) is 32.1 Å². The summed E-state index contributed by atoms with van der Waals surface area (Å²) >= 11 is 0. The van der Waals surface area contributed by atoms with E-state index < -0.39 is 11.9 Å². The van der Waals surface area contributed by atoms with Crippen molar-refractivity contribution in [2.75, 3.05) is 32.7 Å². The zero-order valence-corrected chi connectivity index (χ0v) is 13.9. The van der Waals surface area contributed by atoms with Gasteiger partial charge in [0.15, 0.2) is 0 Å². The number of nitrogens with zero attached hydrogens (tertiary/aromatic N) is 1. The van der Waals surface area contributed by atoms with Crippen LogP contribution in [-0.2, 0) is 14.4 Å². The van der Waals surface area contributed by atoms with E-state index in [-0.39, 0.29) is 5.91 Å². The number of amides is 1. The summed E-state index contributed by atoms with van der Waals surface area (Å²) in [6.45, 7) is 4.60. The fourth-order valence-corrected chi connectivity index (χ4v) is 2.74. The van der Waals surface area contributed by atoms with Crippen LogP contribution in [0.15, 0.2) is 12.2 Å². The molecule has 24 heavy (non-hydrogen) atoms. The van der Waals surface area contributed by atoms with E-state index in [4.69, 9.17) is 10.2 Å². The van der Waals surface area contributed by atoms with Crippen LogP contribution in [0.5, 0.6) is 0 Å². The van der Waals surface area contributed by atoms with Crippen LogP contribution in [-0.4, -0.2) is 71.7 Å². The smallest absolute Gasteiger partial charge is 0.328 e. The Hall–Kier alpha value is -1.93. The lowest BCUT2D eigenvalue weighted by Gasteiger charge is -2.28. The Morgan fingerprint density at radius 2 is 1.54 bits per heavy atom. The molecule has 0 radical (unpaired) electrons. The van der Waals surface area contributed by atoms with Gasteiger partial charge in [-0.25, -0.2) is 9.59 Å². The summed E-state index contributed by atoms with van der Waals surface area (Å²) in [4.78, 5) is 33.1. The van der Waals surface area contributed by atoms with E-state index in [1.54, 1.807) is 0 Å². The molecule has 0 unspecified atom stereocenters. The van der Waals surface area contributed by atoms with Gasteiger partial charge in [0, 0.05) is 44.4 Å². The number of carbonyl (C=O) groups is 3. The zero-order valence-electron chi connectivity index (χ0n) is 13.9. The molecule has 1 saturated carbocycles. The minimum Gasteiger partial charge on any atom is -0.478 e. The maximum absolute atomic E-state index is 11.8. The van der Waals surface area contributed by atoms with Crippen LogP contribution in [0.2, 0.25) is 0 Å². The summed E-state index contributed by atoms with van der Waals surface area (Å²) in [5, 5.41) is 22.1. The van der Waals surface area contributed by atoms with Crippen LogP contribution >= 0.6 is 0 Å². The largest absolute Gasteiger partial charge is 0.478 e. The molecule has 0 aromatic rings. The molecule has 2 rings (SSSR count). The first-order chi connectivity index (χ1) is 11.5. The SMILES string of the molecule is O=C(CN1CCNCC1)NC1CCCCC1.O=C(O)/C=C\C(=O)O. The molecule has 0 aromatic carbocycles. The summed E-state index contributed by atoms with van der Waals surface area (Å²) < 4.78 is 0. The number of hydrogen-bond acceptors (Lipinski definition) is 5. The second kappa shape index (κ2) is 11.6. The van der Waals surface area contributed by atoms with Crippen molar-refractivity contribution in [2.45, 2.75) is 38.1 Å². The number of carboxylic acid groups (broad SMARTS) is 2. The van der Waals surface area contributed by atoms with Gasteiger partial charge in [-0.3, -0.25) is 9.69 Å². The Labute approximate surface area is 141 Å². The van der Waals surface area contributed by atoms with Crippen molar-refractivity contribution in [3.8, 4) is 0 Å². The summed E-state index contributed by atoms with van der Waals surface area (Å²) in [5.74, 6) is -2.30. The highest BCUT2D eigenvalue weighted by atomic mass is 16.4. The monoisotopic (exact) mass is 341 g/mol. The van der Waals surface area contributed by atoms with Gasteiger partial charge in [-0.1, -0.05) is 19.3 Å². The Morgan fingerprint density at radius 1 is 1.00 bits per heavy atom. The Balaban J connectivity index is 0.000000307. The molecule has 4 N–H and O–H groups in total. The number of carbonyl (C=O) groups excluding carboxylic acids is 1. The van der Waals surface area contributed by atoms with Crippen molar-refractivity contribution in [1.29, 1.82) is 0 Å². The first kappa shape index (κ1) is 20.1. The first-order valence-corrected chi connectivity index (χ1v) is 8.33. The zero-order chi connectivity index (χ0) is 17.8. The predicted octanol–water partition coefficient (Wildman–Crippen LogP) is 0.0523. The van der Waals surface area contributed by atoms with Crippen molar-refractivity contribution in [2.24, 2.45) is 0 Å². The van der Waals surface area contributed by atoms with Crippen LogP contribution in [0, 0.1) is 0 Å². The maximum atomic E-state index is 11.8. The molecule has 0 aromatic heterocycles. The molecule has 0 spiro atoms. The van der Waals surface area contributed by atoms with Gasteiger partial charge in [-0.05, 0) is 12.8 Å². The Kier molecular flexibility index (Phi) is 9.71. The Bertz CT molecular complexity index is 403. The van der Waals surface area contributed by atoms with E-state index in [9.17, 15) is 14.4 Å². The minimum atomic E-state index is -1.26. The van der Waals surface area contributed by atoms with Gasteiger partial charge in [0.25, 0.3) is 0 Å². The van der Waals surface area contributed by atoms with Gasteiger partial charge in [-0.2, -0.15) is 0 Å². The molecule has 0 bridgehead atoms.